The predicted octanol–water partition coefficient (Wildman–Crippen LogP) is 3.05. The molecule has 2 aliphatic heterocycles. The van der Waals surface area contributed by atoms with E-state index in [0.717, 1.165) is 11.3 Å². The van der Waals surface area contributed by atoms with Gasteiger partial charge in [-0.2, -0.15) is 4.31 Å². The molecule has 1 aromatic heterocycles. The molecule has 3 aromatic rings. The van der Waals surface area contributed by atoms with Crippen molar-refractivity contribution in [3.8, 4) is 11.5 Å². The Bertz CT molecular complexity index is 1110. The minimum atomic E-state index is -3.73. The van der Waals surface area contributed by atoms with Gasteiger partial charge < -0.3 is 14.0 Å². The average molecular weight is 396 g/mol. The number of benzene rings is 2. The van der Waals surface area contributed by atoms with Gasteiger partial charge in [0.2, 0.25) is 10.0 Å². The Hall–Kier alpha value is -2.77. The standard InChI is InChI=1S/C21H20N2O4S/c24-28(25,17-8-9-19-20(15-17)27-14-13-26-19)23-12-11-22-10-4-7-18(22)21(23)16-5-2-1-3-6-16/h1-10,15,21H,11-14H2/t21-/m1/s1. The Morgan fingerprint density at radius 3 is 2.46 bits per heavy atom. The molecule has 1 atom stereocenters. The van der Waals surface area contributed by atoms with Crippen molar-refractivity contribution in [1.29, 1.82) is 0 Å². The van der Waals surface area contributed by atoms with Crippen molar-refractivity contribution in [2.24, 2.45) is 0 Å². The molecule has 5 rings (SSSR count). The molecule has 0 saturated carbocycles. The van der Waals surface area contributed by atoms with Crippen molar-refractivity contribution in [3.63, 3.8) is 0 Å². The second-order valence-corrected chi connectivity index (χ2v) is 8.75. The lowest BCUT2D eigenvalue weighted by Crippen LogP contribution is -2.42. The van der Waals surface area contributed by atoms with E-state index < -0.39 is 10.0 Å². The Kier molecular flexibility index (Phi) is 4.14. The van der Waals surface area contributed by atoms with Gasteiger partial charge in [-0.05, 0) is 29.8 Å². The minimum absolute atomic E-state index is 0.220. The first kappa shape index (κ1) is 17.3. The predicted molar refractivity (Wildman–Crippen MR) is 104 cm³/mol. The zero-order chi connectivity index (χ0) is 19.1. The number of aromatic nitrogens is 1. The van der Waals surface area contributed by atoms with Crippen LogP contribution in [0.15, 0.2) is 71.8 Å². The van der Waals surface area contributed by atoms with Gasteiger partial charge in [0.05, 0.1) is 10.9 Å². The lowest BCUT2D eigenvalue weighted by atomic mass is 10.0. The number of fused-ring (bicyclic) bond motifs is 2. The highest BCUT2D eigenvalue weighted by atomic mass is 32.2. The molecule has 3 heterocycles. The number of ether oxygens (including phenoxy) is 2. The van der Waals surface area contributed by atoms with Gasteiger partial charge >= 0.3 is 0 Å². The maximum absolute atomic E-state index is 13.6. The zero-order valence-corrected chi connectivity index (χ0v) is 16.0. The smallest absolute Gasteiger partial charge is 0.244 e. The van der Waals surface area contributed by atoms with Crippen LogP contribution in [0.1, 0.15) is 17.3 Å². The first-order chi connectivity index (χ1) is 13.6. The molecule has 0 bridgehead atoms. The van der Waals surface area contributed by atoms with Crippen LogP contribution in [0, 0.1) is 0 Å². The first-order valence-electron chi connectivity index (χ1n) is 9.26. The van der Waals surface area contributed by atoms with E-state index in [0.29, 0.717) is 37.8 Å². The summed E-state index contributed by atoms with van der Waals surface area (Å²) in [6, 6.07) is 18.2. The van der Waals surface area contributed by atoms with Crippen LogP contribution in [0.25, 0.3) is 0 Å². The Morgan fingerprint density at radius 2 is 1.64 bits per heavy atom. The second kappa shape index (κ2) is 6.68. The van der Waals surface area contributed by atoms with Gasteiger partial charge in [-0.15, -0.1) is 0 Å². The molecular formula is C21H20N2O4S. The van der Waals surface area contributed by atoms with Gasteiger partial charge in [-0.1, -0.05) is 30.3 Å². The van der Waals surface area contributed by atoms with Crippen LogP contribution in [0.3, 0.4) is 0 Å². The number of hydrogen-bond donors (Lipinski definition) is 0. The van der Waals surface area contributed by atoms with Crippen molar-refractivity contribution >= 4 is 10.0 Å². The third-order valence-electron chi connectivity index (χ3n) is 5.23. The van der Waals surface area contributed by atoms with Crippen molar-refractivity contribution < 1.29 is 17.9 Å². The van der Waals surface area contributed by atoms with E-state index in [2.05, 4.69) is 4.57 Å². The summed E-state index contributed by atoms with van der Waals surface area (Å²) in [7, 11) is -3.73. The molecule has 144 valence electrons. The van der Waals surface area contributed by atoms with Crippen LogP contribution in [0.5, 0.6) is 11.5 Å². The van der Waals surface area contributed by atoms with E-state index in [1.54, 1.807) is 22.5 Å². The zero-order valence-electron chi connectivity index (χ0n) is 15.2. The fraction of sp³-hybridized carbons (Fsp3) is 0.238. The molecule has 0 unspecified atom stereocenters. The summed E-state index contributed by atoms with van der Waals surface area (Å²) < 4.78 is 42.0. The van der Waals surface area contributed by atoms with E-state index in [1.807, 2.05) is 48.7 Å². The molecule has 0 amide bonds. The quantitative estimate of drug-likeness (QED) is 0.683. The van der Waals surface area contributed by atoms with E-state index in [1.165, 1.54) is 0 Å². The molecule has 6 nitrogen and oxygen atoms in total. The molecule has 28 heavy (non-hydrogen) atoms. The van der Waals surface area contributed by atoms with Crippen molar-refractivity contribution in [2.45, 2.75) is 17.5 Å². The average Bonchev–Trinajstić information content (AvgIpc) is 3.22. The number of hydrogen-bond acceptors (Lipinski definition) is 4. The summed E-state index contributed by atoms with van der Waals surface area (Å²) in [5.74, 6) is 1.06. The fourth-order valence-electron chi connectivity index (χ4n) is 3.91. The Balaban J connectivity index is 1.60. The maximum Gasteiger partial charge on any atom is 0.244 e. The third kappa shape index (κ3) is 2.78. The Labute approximate surface area is 164 Å². The summed E-state index contributed by atoms with van der Waals surface area (Å²) in [5.41, 5.74) is 1.92. The molecule has 0 saturated heterocycles. The summed E-state index contributed by atoms with van der Waals surface area (Å²) in [4.78, 5) is 0.220. The molecular weight excluding hydrogens is 376 g/mol. The van der Waals surface area contributed by atoms with Crippen LogP contribution >= 0.6 is 0 Å². The summed E-state index contributed by atoms with van der Waals surface area (Å²) in [6.07, 6.45) is 2.00. The highest BCUT2D eigenvalue weighted by molar-refractivity contribution is 7.89. The number of nitrogens with zero attached hydrogens (tertiary/aromatic N) is 2. The maximum atomic E-state index is 13.6. The number of rotatable bonds is 3. The number of sulfonamides is 1. The van der Waals surface area contributed by atoms with E-state index in [-0.39, 0.29) is 10.9 Å². The molecule has 7 heteroatoms. The van der Waals surface area contributed by atoms with Crippen LogP contribution in [-0.4, -0.2) is 37.0 Å². The van der Waals surface area contributed by atoms with Gasteiger partial charge in [-0.3, -0.25) is 0 Å². The lowest BCUT2D eigenvalue weighted by Gasteiger charge is -2.36. The van der Waals surface area contributed by atoms with Crippen molar-refractivity contribution in [3.05, 3.63) is 78.1 Å². The van der Waals surface area contributed by atoms with Gasteiger partial charge in [0, 0.05) is 31.0 Å². The van der Waals surface area contributed by atoms with Crippen molar-refractivity contribution in [2.75, 3.05) is 19.8 Å². The lowest BCUT2D eigenvalue weighted by molar-refractivity contribution is 0.171. The normalized spacial score (nSPS) is 19.2. The van der Waals surface area contributed by atoms with Crippen LogP contribution < -0.4 is 9.47 Å². The highest BCUT2D eigenvalue weighted by Crippen LogP contribution is 2.38. The Morgan fingerprint density at radius 1 is 0.857 bits per heavy atom. The SMILES string of the molecule is O=S(=O)(c1ccc2c(c1)OCCO2)N1CCn2cccc2[C@H]1c1ccccc1. The van der Waals surface area contributed by atoms with E-state index in [4.69, 9.17) is 9.47 Å². The molecule has 0 radical (unpaired) electrons. The second-order valence-electron chi connectivity index (χ2n) is 6.86. The molecule has 0 N–H and O–H groups in total. The topological polar surface area (TPSA) is 60.8 Å². The van der Waals surface area contributed by atoms with Gasteiger partial charge in [0.15, 0.2) is 11.5 Å². The first-order valence-corrected chi connectivity index (χ1v) is 10.7. The summed E-state index contributed by atoms with van der Waals surface area (Å²) in [6.45, 7) is 1.91. The molecule has 2 aliphatic rings. The highest BCUT2D eigenvalue weighted by Gasteiger charge is 2.38. The van der Waals surface area contributed by atoms with Crippen LogP contribution in [-0.2, 0) is 16.6 Å². The molecule has 0 aliphatic carbocycles. The fourth-order valence-corrected chi connectivity index (χ4v) is 5.51. The molecule has 0 fully saturated rings. The molecule has 2 aromatic carbocycles. The van der Waals surface area contributed by atoms with Crippen LogP contribution in [0.2, 0.25) is 0 Å². The van der Waals surface area contributed by atoms with E-state index in [9.17, 15) is 8.42 Å². The third-order valence-corrected chi connectivity index (χ3v) is 7.09. The van der Waals surface area contributed by atoms with Crippen LogP contribution in [0.4, 0.5) is 0 Å². The van der Waals surface area contributed by atoms with Gasteiger partial charge in [0.1, 0.15) is 13.2 Å². The minimum Gasteiger partial charge on any atom is -0.486 e. The van der Waals surface area contributed by atoms with E-state index >= 15 is 0 Å². The molecule has 0 spiro atoms. The summed E-state index contributed by atoms with van der Waals surface area (Å²) in [5, 5.41) is 0. The van der Waals surface area contributed by atoms with Gasteiger partial charge in [0.25, 0.3) is 0 Å². The van der Waals surface area contributed by atoms with Gasteiger partial charge in [-0.25, -0.2) is 8.42 Å². The summed E-state index contributed by atoms with van der Waals surface area (Å²) >= 11 is 0. The monoisotopic (exact) mass is 396 g/mol. The van der Waals surface area contributed by atoms with Crippen molar-refractivity contribution in [1.82, 2.24) is 8.87 Å². The largest absolute Gasteiger partial charge is 0.486 e.